The van der Waals surface area contributed by atoms with E-state index >= 15 is 0 Å². The number of anilines is 2. The van der Waals surface area contributed by atoms with Gasteiger partial charge in [0.1, 0.15) is 0 Å². The molecule has 2 N–H and O–H groups in total. The Bertz CT molecular complexity index is 584. The zero-order valence-electron chi connectivity index (χ0n) is 11.7. The zero-order chi connectivity index (χ0) is 15.1. The molecule has 112 valence electrons. The van der Waals surface area contributed by atoms with E-state index in [2.05, 4.69) is 10.6 Å². The molecule has 0 saturated carbocycles. The number of ether oxygens (including phenoxy) is 1. The number of halogens is 1. The predicted octanol–water partition coefficient (Wildman–Crippen LogP) is 4.97. The summed E-state index contributed by atoms with van der Waals surface area (Å²) >= 11 is 7.44. The van der Waals surface area contributed by atoms with Gasteiger partial charge in [-0.1, -0.05) is 18.5 Å². The maximum atomic E-state index is 11.4. The number of amides is 1. The molecule has 0 atom stereocenters. The molecule has 1 heterocycles. The van der Waals surface area contributed by atoms with E-state index in [4.69, 9.17) is 16.3 Å². The van der Waals surface area contributed by atoms with E-state index in [-0.39, 0.29) is 0 Å². The first kappa shape index (κ1) is 15.7. The minimum atomic E-state index is -0.425. The van der Waals surface area contributed by atoms with Gasteiger partial charge < -0.3 is 10.1 Å². The largest absolute Gasteiger partial charge is 0.449 e. The van der Waals surface area contributed by atoms with Crippen LogP contribution in [-0.2, 0) is 11.3 Å². The van der Waals surface area contributed by atoms with Crippen LogP contribution in [0, 0.1) is 0 Å². The van der Waals surface area contributed by atoms with Crippen LogP contribution in [0.25, 0.3) is 0 Å². The van der Waals surface area contributed by atoms with Crippen molar-refractivity contribution >= 4 is 40.4 Å². The third kappa shape index (κ3) is 5.28. The number of hydrogen-bond acceptors (Lipinski definition) is 4. The molecule has 4 nitrogen and oxygen atoms in total. The van der Waals surface area contributed by atoms with Crippen LogP contribution in [0.1, 0.15) is 18.2 Å². The van der Waals surface area contributed by atoms with Crippen LogP contribution in [0.2, 0.25) is 4.34 Å². The molecule has 1 amide bonds. The van der Waals surface area contributed by atoms with Crippen LogP contribution in [0.5, 0.6) is 0 Å². The summed E-state index contributed by atoms with van der Waals surface area (Å²) < 4.78 is 5.75. The van der Waals surface area contributed by atoms with E-state index in [0.29, 0.717) is 12.3 Å². The Labute approximate surface area is 133 Å². The fourth-order valence-electron chi connectivity index (χ4n) is 1.66. The fraction of sp³-hybridized carbons (Fsp3) is 0.267. The lowest BCUT2D eigenvalue weighted by Crippen LogP contribution is -2.13. The van der Waals surface area contributed by atoms with Crippen molar-refractivity contribution in [2.75, 3.05) is 17.2 Å². The summed E-state index contributed by atoms with van der Waals surface area (Å²) in [6.07, 6.45) is 0.383. The molecule has 0 spiro atoms. The summed E-state index contributed by atoms with van der Waals surface area (Å²) in [5.74, 6) is 0. The van der Waals surface area contributed by atoms with Crippen molar-refractivity contribution in [3.8, 4) is 0 Å². The molecule has 1 aromatic heterocycles. The molecule has 0 fully saturated rings. The first-order chi connectivity index (χ1) is 10.2. The Hall–Kier alpha value is -1.72. The maximum absolute atomic E-state index is 11.4. The van der Waals surface area contributed by atoms with Gasteiger partial charge in [0.2, 0.25) is 0 Å². The minimum absolute atomic E-state index is 0.425. The van der Waals surface area contributed by atoms with Gasteiger partial charge in [-0.15, -0.1) is 11.3 Å². The van der Waals surface area contributed by atoms with Crippen LogP contribution in [0.3, 0.4) is 0 Å². The van der Waals surface area contributed by atoms with Crippen molar-refractivity contribution in [2.45, 2.75) is 19.9 Å². The Balaban J connectivity index is 1.82. The van der Waals surface area contributed by atoms with Gasteiger partial charge >= 0.3 is 6.09 Å². The van der Waals surface area contributed by atoms with Crippen molar-refractivity contribution in [2.24, 2.45) is 0 Å². The first-order valence-corrected chi connectivity index (χ1v) is 7.88. The van der Waals surface area contributed by atoms with Crippen molar-refractivity contribution < 1.29 is 9.53 Å². The van der Waals surface area contributed by atoms with Gasteiger partial charge in [0, 0.05) is 22.8 Å². The average molecular weight is 325 g/mol. The van der Waals surface area contributed by atoms with Crippen molar-refractivity contribution in [1.82, 2.24) is 0 Å². The van der Waals surface area contributed by atoms with E-state index < -0.39 is 6.09 Å². The Morgan fingerprint density at radius 3 is 2.52 bits per heavy atom. The molecular formula is C15H17ClN2O2S. The topological polar surface area (TPSA) is 50.4 Å². The van der Waals surface area contributed by atoms with Crippen molar-refractivity contribution in [3.63, 3.8) is 0 Å². The van der Waals surface area contributed by atoms with Gasteiger partial charge in [0.15, 0.2) is 0 Å². The quantitative estimate of drug-likeness (QED) is 0.788. The van der Waals surface area contributed by atoms with Gasteiger partial charge in [-0.05, 0) is 42.8 Å². The van der Waals surface area contributed by atoms with E-state index in [1.54, 1.807) is 11.3 Å². The van der Waals surface area contributed by atoms with Gasteiger partial charge in [-0.2, -0.15) is 0 Å². The molecule has 0 saturated heterocycles. The summed E-state index contributed by atoms with van der Waals surface area (Å²) in [5, 5.41) is 5.97. The van der Waals surface area contributed by atoms with Gasteiger partial charge in [0.25, 0.3) is 0 Å². The second-order valence-corrected chi connectivity index (χ2v) is 6.20. The smallest absolute Gasteiger partial charge is 0.411 e. The second kappa shape index (κ2) is 7.90. The molecule has 0 aliphatic carbocycles. The van der Waals surface area contributed by atoms with Crippen LogP contribution in [0.4, 0.5) is 16.2 Å². The summed E-state index contributed by atoms with van der Waals surface area (Å²) in [4.78, 5) is 12.6. The van der Waals surface area contributed by atoms with Gasteiger partial charge in [0.05, 0.1) is 10.9 Å². The molecule has 1 aromatic carbocycles. The highest BCUT2D eigenvalue weighted by atomic mass is 35.5. The highest BCUT2D eigenvalue weighted by molar-refractivity contribution is 7.16. The summed E-state index contributed by atoms with van der Waals surface area (Å²) in [6, 6.07) is 11.4. The summed E-state index contributed by atoms with van der Waals surface area (Å²) in [6.45, 7) is 3.10. The number of thiophene rings is 1. The highest BCUT2D eigenvalue weighted by Gasteiger charge is 2.02. The summed E-state index contributed by atoms with van der Waals surface area (Å²) in [5.41, 5.74) is 1.69. The van der Waals surface area contributed by atoms with Crippen LogP contribution < -0.4 is 10.6 Å². The monoisotopic (exact) mass is 324 g/mol. The molecule has 0 radical (unpaired) electrons. The SMILES string of the molecule is CCCOC(=O)Nc1ccc(NCc2ccc(Cl)s2)cc1. The fourth-order valence-corrected chi connectivity index (χ4v) is 2.68. The van der Waals surface area contributed by atoms with Crippen LogP contribution in [0.15, 0.2) is 36.4 Å². The molecule has 21 heavy (non-hydrogen) atoms. The van der Waals surface area contributed by atoms with E-state index in [9.17, 15) is 4.79 Å². The summed E-state index contributed by atoms with van der Waals surface area (Å²) in [7, 11) is 0. The maximum Gasteiger partial charge on any atom is 0.411 e. The Kier molecular flexibility index (Phi) is 5.90. The second-order valence-electron chi connectivity index (χ2n) is 4.40. The third-order valence-corrected chi connectivity index (χ3v) is 3.90. The normalized spacial score (nSPS) is 10.2. The number of nitrogens with one attached hydrogen (secondary N) is 2. The third-order valence-electron chi connectivity index (χ3n) is 2.66. The number of hydrogen-bond donors (Lipinski definition) is 2. The molecule has 0 aliphatic rings. The highest BCUT2D eigenvalue weighted by Crippen LogP contribution is 2.22. The Morgan fingerprint density at radius 2 is 1.90 bits per heavy atom. The number of rotatable bonds is 6. The van der Waals surface area contributed by atoms with Gasteiger partial charge in [-0.3, -0.25) is 5.32 Å². The standard InChI is InChI=1S/C15H17ClN2O2S/c1-2-9-20-15(19)18-12-5-3-11(4-6-12)17-10-13-7-8-14(16)21-13/h3-8,17H,2,9-10H2,1H3,(H,18,19). The molecule has 0 bridgehead atoms. The Morgan fingerprint density at radius 1 is 1.19 bits per heavy atom. The van der Waals surface area contributed by atoms with E-state index in [0.717, 1.165) is 23.0 Å². The first-order valence-electron chi connectivity index (χ1n) is 6.69. The van der Waals surface area contributed by atoms with Crippen molar-refractivity contribution in [3.05, 3.63) is 45.6 Å². The lowest BCUT2D eigenvalue weighted by Gasteiger charge is -2.08. The van der Waals surface area contributed by atoms with Gasteiger partial charge in [-0.25, -0.2) is 4.79 Å². The number of carbonyl (C=O) groups is 1. The average Bonchev–Trinajstić information content (AvgIpc) is 2.90. The molecule has 0 unspecified atom stereocenters. The lowest BCUT2D eigenvalue weighted by molar-refractivity contribution is 0.161. The minimum Gasteiger partial charge on any atom is -0.449 e. The molecular weight excluding hydrogens is 308 g/mol. The number of benzene rings is 1. The van der Waals surface area contributed by atoms with Crippen molar-refractivity contribution in [1.29, 1.82) is 0 Å². The van der Waals surface area contributed by atoms with E-state index in [1.807, 2.05) is 43.3 Å². The molecule has 2 rings (SSSR count). The zero-order valence-corrected chi connectivity index (χ0v) is 13.3. The van der Waals surface area contributed by atoms with E-state index in [1.165, 1.54) is 4.88 Å². The van der Waals surface area contributed by atoms with Crippen LogP contribution in [-0.4, -0.2) is 12.7 Å². The molecule has 6 heteroatoms. The molecule has 0 aliphatic heterocycles. The molecule has 2 aromatic rings. The predicted molar refractivity (Wildman–Crippen MR) is 88.4 cm³/mol. The number of carbonyl (C=O) groups excluding carboxylic acids is 1. The van der Waals surface area contributed by atoms with Crippen LogP contribution >= 0.6 is 22.9 Å². The lowest BCUT2D eigenvalue weighted by atomic mass is 10.3.